The molecule has 0 aliphatic heterocycles. The van der Waals surface area contributed by atoms with Gasteiger partial charge in [0, 0.05) is 12.3 Å². The Bertz CT molecular complexity index is 108. The number of nitrogens with two attached hydrogens (primary N) is 1. The molecule has 1 rings (SSSR count). The first-order chi connectivity index (χ1) is 4.74. The zero-order valence-corrected chi connectivity index (χ0v) is 5.89. The third kappa shape index (κ3) is 1.66. The second-order valence-electron chi connectivity index (χ2n) is 2.92. The highest BCUT2D eigenvalue weighted by Gasteiger charge is 2.29. The van der Waals surface area contributed by atoms with Gasteiger partial charge in [0.05, 0.1) is 0 Å². The third-order valence-corrected chi connectivity index (χ3v) is 2.15. The molecule has 1 nitrogen and oxygen atoms in total. The second kappa shape index (κ2) is 3.28. The summed E-state index contributed by atoms with van der Waals surface area (Å²) in [5.74, 6) is -0.0907. The van der Waals surface area contributed by atoms with Gasteiger partial charge in [0.2, 0.25) is 0 Å². The SMILES string of the molecule is NC[C@@H]1CCC(F)CC1F. The quantitative estimate of drug-likeness (QED) is 0.599. The van der Waals surface area contributed by atoms with Gasteiger partial charge < -0.3 is 5.73 Å². The molecule has 1 aliphatic rings. The maximum atomic E-state index is 12.8. The van der Waals surface area contributed by atoms with Crippen LogP contribution in [-0.4, -0.2) is 18.9 Å². The van der Waals surface area contributed by atoms with E-state index in [1.165, 1.54) is 0 Å². The Morgan fingerprint density at radius 2 is 2.00 bits per heavy atom. The van der Waals surface area contributed by atoms with Crippen molar-refractivity contribution < 1.29 is 8.78 Å². The first-order valence-corrected chi connectivity index (χ1v) is 3.72. The van der Waals surface area contributed by atoms with E-state index in [0.717, 1.165) is 0 Å². The summed E-state index contributed by atoms with van der Waals surface area (Å²) in [5, 5.41) is 0. The molecule has 3 atom stereocenters. The van der Waals surface area contributed by atoms with Gasteiger partial charge in [-0.15, -0.1) is 0 Å². The number of rotatable bonds is 1. The van der Waals surface area contributed by atoms with E-state index >= 15 is 0 Å². The monoisotopic (exact) mass is 149 g/mol. The van der Waals surface area contributed by atoms with Crippen LogP contribution in [0.5, 0.6) is 0 Å². The van der Waals surface area contributed by atoms with Gasteiger partial charge in [-0.3, -0.25) is 0 Å². The van der Waals surface area contributed by atoms with Gasteiger partial charge >= 0.3 is 0 Å². The van der Waals surface area contributed by atoms with Crippen LogP contribution in [-0.2, 0) is 0 Å². The highest BCUT2D eigenvalue weighted by molar-refractivity contribution is 4.80. The highest BCUT2D eigenvalue weighted by Crippen LogP contribution is 2.27. The van der Waals surface area contributed by atoms with Crippen molar-refractivity contribution in [1.82, 2.24) is 0 Å². The summed E-state index contributed by atoms with van der Waals surface area (Å²) in [7, 11) is 0. The molecule has 1 fully saturated rings. The lowest BCUT2D eigenvalue weighted by atomic mass is 9.87. The molecule has 60 valence electrons. The van der Waals surface area contributed by atoms with Crippen molar-refractivity contribution in [2.75, 3.05) is 6.54 Å². The molecule has 2 unspecified atom stereocenters. The largest absolute Gasteiger partial charge is 0.330 e. The lowest BCUT2D eigenvalue weighted by molar-refractivity contribution is 0.106. The summed E-state index contributed by atoms with van der Waals surface area (Å²) in [6, 6.07) is 0. The Hall–Kier alpha value is -0.180. The van der Waals surface area contributed by atoms with E-state index in [2.05, 4.69) is 0 Å². The Morgan fingerprint density at radius 1 is 1.30 bits per heavy atom. The van der Waals surface area contributed by atoms with Crippen molar-refractivity contribution in [3.05, 3.63) is 0 Å². The van der Waals surface area contributed by atoms with Crippen LogP contribution in [0, 0.1) is 5.92 Å². The molecule has 0 spiro atoms. The second-order valence-corrected chi connectivity index (χ2v) is 2.92. The summed E-state index contributed by atoms with van der Waals surface area (Å²) in [6.45, 7) is 0.355. The fraction of sp³-hybridized carbons (Fsp3) is 1.00. The average molecular weight is 149 g/mol. The van der Waals surface area contributed by atoms with Gasteiger partial charge in [-0.25, -0.2) is 8.78 Å². The molecular formula is C7H13F2N. The minimum absolute atomic E-state index is 0.0574. The lowest BCUT2D eigenvalue weighted by Gasteiger charge is -2.26. The van der Waals surface area contributed by atoms with Gasteiger partial charge in [0.1, 0.15) is 12.3 Å². The lowest BCUT2D eigenvalue weighted by Crippen LogP contribution is -2.32. The molecule has 0 aromatic heterocycles. The Labute approximate surface area is 59.6 Å². The van der Waals surface area contributed by atoms with Crippen molar-refractivity contribution >= 4 is 0 Å². The van der Waals surface area contributed by atoms with Gasteiger partial charge in [-0.2, -0.15) is 0 Å². The minimum atomic E-state index is -1.01. The average Bonchev–Trinajstić information content (AvgIpc) is 1.88. The molecule has 0 heterocycles. The summed E-state index contributed by atoms with van der Waals surface area (Å²) < 4.78 is 25.2. The molecule has 0 bridgehead atoms. The highest BCUT2D eigenvalue weighted by atomic mass is 19.1. The predicted octanol–water partition coefficient (Wildman–Crippen LogP) is 1.42. The van der Waals surface area contributed by atoms with E-state index in [-0.39, 0.29) is 12.3 Å². The van der Waals surface area contributed by atoms with E-state index in [1.54, 1.807) is 0 Å². The maximum absolute atomic E-state index is 12.8. The van der Waals surface area contributed by atoms with Crippen molar-refractivity contribution in [2.24, 2.45) is 11.7 Å². The van der Waals surface area contributed by atoms with E-state index in [1.807, 2.05) is 0 Å². The molecule has 2 N–H and O–H groups in total. The predicted molar refractivity (Wildman–Crippen MR) is 36.2 cm³/mol. The smallest absolute Gasteiger partial charge is 0.107 e. The summed E-state index contributed by atoms with van der Waals surface area (Å²) in [6.07, 6.45) is -0.783. The van der Waals surface area contributed by atoms with Crippen molar-refractivity contribution in [2.45, 2.75) is 31.6 Å². The zero-order chi connectivity index (χ0) is 7.56. The van der Waals surface area contributed by atoms with Crippen molar-refractivity contribution in [1.29, 1.82) is 0 Å². The number of halogens is 2. The van der Waals surface area contributed by atoms with E-state index in [9.17, 15) is 8.78 Å². The molecule has 1 aliphatic carbocycles. The van der Waals surface area contributed by atoms with E-state index in [4.69, 9.17) is 5.73 Å². The summed E-state index contributed by atoms with van der Waals surface area (Å²) in [5.41, 5.74) is 5.28. The molecule has 10 heavy (non-hydrogen) atoms. The van der Waals surface area contributed by atoms with Crippen LogP contribution < -0.4 is 5.73 Å². The number of hydrogen-bond donors (Lipinski definition) is 1. The Balaban J connectivity index is 2.36. The van der Waals surface area contributed by atoms with Crippen LogP contribution in [0.4, 0.5) is 8.78 Å². The molecule has 1 saturated carbocycles. The van der Waals surface area contributed by atoms with Gasteiger partial charge in [-0.05, 0) is 19.4 Å². The van der Waals surface area contributed by atoms with Crippen LogP contribution in [0.3, 0.4) is 0 Å². The summed E-state index contributed by atoms with van der Waals surface area (Å²) >= 11 is 0. The standard InChI is InChI=1S/C7H13F2N/c8-6-2-1-5(4-10)7(9)3-6/h5-7H,1-4,10H2/t5-,6?,7?/m0/s1. The third-order valence-electron chi connectivity index (χ3n) is 2.15. The zero-order valence-electron chi connectivity index (χ0n) is 5.89. The number of hydrogen-bond acceptors (Lipinski definition) is 1. The van der Waals surface area contributed by atoms with Gasteiger partial charge in [0.15, 0.2) is 0 Å². The molecule has 3 heteroatoms. The molecule has 0 aromatic rings. The van der Waals surface area contributed by atoms with Crippen molar-refractivity contribution in [3.8, 4) is 0 Å². The fourth-order valence-corrected chi connectivity index (χ4v) is 1.40. The van der Waals surface area contributed by atoms with E-state index in [0.29, 0.717) is 19.4 Å². The first-order valence-electron chi connectivity index (χ1n) is 3.72. The van der Waals surface area contributed by atoms with Crippen LogP contribution >= 0.6 is 0 Å². The van der Waals surface area contributed by atoms with Crippen LogP contribution in [0.15, 0.2) is 0 Å². The fourth-order valence-electron chi connectivity index (χ4n) is 1.40. The minimum Gasteiger partial charge on any atom is -0.330 e. The molecule has 0 aromatic carbocycles. The first kappa shape index (κ1) is 7.92. The van der Waals surface area contributed by atoms with Crippen LogP contribution in [0.1, 0.15) is 19.3 Å². The number of alkyl halides is 2. The van der Waals surface area contributed by atoms with Crippen LogP contribution in [0.25, 0.3) is 0 Å². The van der Waals surface area contributed by atoms with Crippen molar-refractivity contribution in [3.63, 3.8) is 0 Å². The van der Waals surface area contributed by atoms with E-state index < -0.39 is 12.3 Å². The van der Waals surface area contributed by atoms with Gasteiger partial charge in [-0.1, -0.05) is 0 Å². The maximum Gasteiger partial charge on any atom is 0.107 e. The molecule has 0 saturated heterocycles. The van der Waals surface area contributed by atoms with Gasteiger partial charge in [0.25, 0.3) is 0 Å². The Kier molecular flexibility index (Phi) is 2.60. The summed E-state index contributed by atoms with van der Waals surface area (Å²) in [4.78, 5) is 0. The topological polar surface area (TPSA) is 26.0 Å². The Morgan fingerprint density at radius 3 is 2.50 bits per heavy atom. The molecular weight excluding hydrogens is 136 g/mol. The molecule has 0 amide bonds. The van der Waals surface area contributed by atoms with Crippen LogP contribution in [0.2, 0.25) is 0 Å². The molecule has 0 radical (unpaired) electrons. The normalized spacial score (nSPS) is 41.7.